The predicted molar refractivity (Wildman–Crippen MR) is 130 cm³/mol. The second-order valence-electron chi connectivity index (χ2n) is 7.40. The molecule has 0 saturated carbocycles. The first kappa shape index (κ1) is 30.6. The first-order valence-electron chi connectivity index (χ1n) is 11.2. The summed E-state index contributed by atoms with van der Waals surface area (Å²) in [6.07, 6.45) is 21.2. The molecule has 5 heteroatoms. The quantitative estimate of drug-likeness (QED) is 0.182. The molecule has 0 aliphatic carbocycles. The number of aliphatic carboxylic acids is 1. The smallest absolute Gasteiger partial charge is 0.335 e. The molecule has 4 nitrogen and oxygen atoms in total. The minimum absolute atomic E-state index is 0. The Morgan fingerprint density at radius 2 is 1.20 bits per heavy atom. The maximum absolute atomic E-state index is 10.3. The number of rotatable bonds is 16. The molecule has 0 spiro atoms. The minimum atomic E-state index is -0.879. The van der Waals surface area contributed by atoms with Crippen molar-refractivity contribution in [3.63, 3.8) is 0 Å². The van der Waals surface area contributed by atoms with Crippen LogP contribution in [0.15, 0.2) is 42.5 Å². The second kappa shape index (κ2) is 23.7. The Morgan fingerprint density at radius 3 is 1.63 bits per heavy atom. The van der Waals surface area contributed by atoms with Gasteiger partial charge in [-0.25, -0.2) is 4.79 Å². The summed E-state index contributed by atoms with van der Waals surface area (Å²) in [5, 5.41) is 16.9. The normalized spacial score (nSPS) is 10.2. The zero-order valence-corrected chi connectivity index (χ0v) is 18.2. The van der Waals surface area contributed by atoms with E-state index in [1.165, 1.54) is 70.6 Å². The van der Waals surface area contributed by atoms with Gasteiger partial charge in [-0.05, 0) is 44.2 Å². The summed E-state index contributed by atoms with van der Waals surface area (Å²) in [5.74, 6) is -1.54. The third kappa shape index (κ3) is 22.7. The van der Waals surface area contributed by atoms with Crippen LogP contribution in [0.25, 0.3) is 0 Å². The van der Waals surface area contributed by atoms with E-state index in [9.17, 15) is 9.59 Å². The molecule has 0 aliphatic heterocycles. The molecule has 0 heterocycles. The van der Waals surface area contributed by atoms with Crippen molar-refractivity contribution in [3.8, 4) is 0 Å². The topological polar surface area (TPSA) is 74.6 Å². The van der Waals surface area contributed by atoms with Crippen molar-refractivity contribution in [2.24, 2.45) is 0 Å². The molecule has 30 heavy (non-hydrogen) atoms. The molecule has 0 radical (unpaired) electrons. The van der Waals surface area contributed by atoms with E-state index < -0.39 is 11.9 Å². The number of allylic oxidation sites excluding steroid dienone is 2. The Kier molecular flexibility index (Phi) is 24.2. The number of hydrogen-bond acceptors (Lipinski definition) is 2. The summed E-state index contributed by atoms with van der Waals surface area (Å²) in [6, 6.07) is 8.30. The van der Waals surface area contributed by atoms with Gasteiger partial charge >= 0.3 is 11.9 Å². The van der Waals surface area contributed by atoms with Gasteiger partial charge in [0.1, 0.15) is 0 Å². The molecule has 0 unspecified atom stereocenters. The van der Waals surface area contributed by atoms with Gasteiger partial charge in [-0.15, -0.1) is 0 Å². The standard InChI is InChI=1S/C18H34O2.C7H6O2.Al.3H/c1-2-3-4-5-6-7-8-9-10-11-12-13-14-15-16-17-18(19)20;8-7(9)6-4-2-1-3-5-6;;;;/h9-10H,2-8,11-17H2,1H3,(H,19,20);1-5H,(H,8,9);;;;. The Bertz CT molecular complexity index is 543. The summed E-state index contributed by atoms with van der Waals surface area (Å²) in [7, 11) is 0. The van der Waals surface area contributed by atoms with E-state index in [1.54, 1.807) is 30.3 Å². The van der Waals surface area contributed by atoms with Gasteiger partial charge in [0.25, 0.3) is 0 Å². The van der Waals surface area contributed by atoms with E-state index in [0.717, 1.165) is 12.8 Å². The third-order valence-corrected chi connectivity index (χ3v) is 4.67. The predicted octanol–water partition coefficient (Wildman–Crippen LogP) is 6.31. The van der Waals surface area contributed by atoms with Gasteiger partial charge in [0.15, 0.2) is 17.4 Å². The fourth-order valence-electron chi connectivity index (χ4n) is 2.93. The third-order valence-electron chi connectivity index (χ3n) is 4.67. The van der Waals surface area contributed by atoms with Crippen LogP contribution in [0.2, 0.25) is 0 Å². The zero-order valence-electron chi connectivity index (χ0n) is 18.2. The lowest BCUT2D eigenvalue weighted by Gasteiger charge is -1.99. The van der Waals surface area contributed by atoms with Gasteiger partial charge < -0.3 is 10.2 Å². The minimum Gasteiger partial charge on any atom is -0.481 e. The van der Waals surface area contributed by atoms with Gasteiger partial charge in [-0.3, -0.25) is 4.79 Å². The van der Waals surface area contributed by atoms with Gasteiger partial charge in [0, 0.05) is 6.42 Å². The number of carbonyl (C=O) groups is 2. The van der Waals surface area contributed by atoms with Crippen molar-refractivity contribution in [3.05, 3.63) is 48.0 Å². The van der Waals surface area contributed by atoms with Crippen LogP contribution in [0.3, 0.4) is 0 Å². The first-order valence-corrected chi connectivity index (χ1v) is 11.2. The molecule has 0 atom stereocenters. The molecule has 1 aromatic rings. The van der Waals surface area contributed by atoms with Gasteiger partial charge in [0.05, 0.1) is 5.56 Å². The van der Waals surface area contributed by atoms with E-state index in [4.69, 9.17) is 10.2 Å². The SMILES string of the molecule is CCCCCCCCC=CCCCCCCCC(=O)O.O=C(O)c1ccccc1.[AlH3]. The number of hydrogen-bond donors (Lipinski definition) is 2. The number of benzene rings is 1. The van der Waals surface area contributed by atoms with Crippen molar-refractivity contribution in [2.45, 2.75) is 96.8 Å². The summed E-state index contributed by atoms with van der Waals surface area (Å²) < 4.78 is 0. The molecule has 0 aliphatic rings. The van der Waals surface area contributed by atoms with Crippen LogP contribution in [-0.4, -0.2) is 39.5 Å². The highest BCUT2D eigenvalue weighted by atomic mass is 27.0. The van der Waals surface area contributed by atoms with E-state index >= 15 is 0 Å². The molecular formula is C25H43AlO4. The summed E-state index contributed by atoms with van der Waals surface area (Å²) in [6.45, 7) is 2.26. The number of carboxylic acids is 2. The van der Waals surface area contributed by atoms with Crippen LogP contribution < -0.4 is 0 Å². The highest BCUT2D eigenvalue weighted by Gasteiger charge is 1.97. The molecule has 1 aromatic carbocycles. The number of aromatic carboxylic acids is 1. The number of carboxylic acid groups (broad SMARTS) is 2. The van der Waals surface area contributed by atoms with Crippen LogP contribution in [0, 0.1) is 0 Å². The van der Waals surface area contributed by atoms with Crippen LogP contribution in [-0.2, 0) is 4.79 Å². The van der Waals surface area contributed by atoms with Gasteiger partial charge in [-0.1, -0.05) is 88.6 Å². The Morgan fingerprint density at radius 1 is 0.733 bits per heavy atom. The number of unbranched alkanes of at least 4 members (excludes halogenated alkanes) is 11. The Hall–Kier alpha value is -1.57. The Labute approximate surface area is 193 Å². The molecule has 0 fully saturated rings. The van der Waals surface area contributed by atoms with Gasteiger partial charge in [-0.2, -0.15) is 0 Å². The lowest BCUT2D eigenvalue weighted by atomic mass is 10.1. The summed E-state index contributed by atoms with van der Waals surface area (Å²) in [4.78, 5) is 20.5. The average Bonchev–Trinajstić information content (AvgIpc) is 2.72. The van der Waals surface area contributed by atoms with Crippen molar-refractivity contribution < 1.29 is 19.8 Å². The fourth-order valence-corrected chi connectivity index (χ4v) is 2.93. The van der Waals surface area contributed by atoms with Crippen molar-refractivity contribution >= 4 is 29.3 Å². The van der Waals surface area contributed by atoms with E-state index in [2.05, 4.69) is 19.1 Å². The molecule has 170 valence electrons. The fraction of sp³-hybridized carbons (Fsp3) is 0.600. The highest BCUT2D eigenvalue weighted by Crippen LogP contribution is 2.09. The highest BCUT2D eigenvalue weighted by molar-refractivity contribution is 5.87. The van der Waals surface area contributed by atoms with Gasteiger partial charge in [0.2, 0.25) is 0 Å². The lowest BCUT2D eigenvalue weighted by Crippen LogP contribution is -1.93. The van der Waals surface area contributed by atoms with Crippen molar-refractivity contribution in [1.29, 1.82) is 0 Å². The second-order valence-corrected chi connectivity index (χ2v) is 7.40. The average molecular weight is 435 g/mol. The van der Waals surface area contributed by atoms with Crippen LogP contribution in [0.1, 0.15) is 107 Å². The largest absolute Gasteiger partial charge is 0.481 e. The van der Waals surface area contributed by atoms with Crippen LogP contribution in [0.5, 0.6) is 0 Å². The summed E-state index contributed by atoms with van der Waals surface area (Å²) in [5.41, 5.74) is 0.331. The summed E-state index contributed by atoms with van der Waals surface area (Å²) >= 11 is 0. The van der Waals surface area contributed by atoms with Crippen LogP contribution >= 0.6 is 0 Å². The molecule has 0 saturated heterocycles. The molecule has 1 rings (SSSR count). The van der Waals surface area contributed by atoms with Crippen molar-refractivity contribution in [2.75, 3.05) is 0 Å². The molecule has 0 bridgehead atoms. The first-order chi connectivity index (χ1) is 14.1. The van der Waals surface area contributed by atoms with E-state index in [0.29, 0.717) is 12.0 Å². The molecule has 2 N–H and O–H groups in total. The van der Waals surface area contributed by atoms with Crippen molar-refractivity contribution in [1.82, 2.24) is 0 Å². The maximum Gasteiger partial charge on any atom is 0.335 e. The lowest BCUT2D eigenvalue weighted by molar-refractivity contribution is -0.137. The van der Waals surface area contributed by atoms with E-state index in [1.807, 2.05) is 0 Å². The monoisotopic (exact) mass is 434 g/mol. The van der Waals surface area contributed by atoms with Crippen LogP contribution in [0.4, 0.5) is 0 Å². The molecule has 0 amide bonds. The Balaban J connectivity index is 0. The zero-order chi connectivity index (χ0) is 21.6. The maximum atomic E-state index is 10.3. The van der Waals surface area contributed by atoms with E-state index in [-0.39, 0.29) is 17.4 Å². The molecular weight excluding hydrogens is 391 g/mol. The molecule has 0 aromatic heterocycles.